The average molecular weight is 347 g/mol. The van der Waals surface area contributed by atoms with Gasteiger partial charge in [0.2, 0.25) is 0 Å². The van der Waals surface area contributed by atoms with Gasteiger partial charge in [-0.3, -0.25) is 9.59 Å². The maximum absolute atomic E-state index is 12.9. The number of nitrogens with one attached hydrogen (secondary N) is 2. The van der Waals surface area contributed by atoms with E-state index < -0.39 is 17.2 Å². The number of rotatable bonds is 3. The van der Waals surface area contributed by atoms with Crippen molar-refractivity contribution in [1.82, 2.24) is 10.3 Å². The summed E-state index contributed by atoms with van der Waals surface area (Å²) in [5.74, 6) is -1.69. The fourth-order valence-electron chi connectivity index (χ4n) is 2.36. The first-order valence-electron chi connectivity index (χ1n) is 7.03. The van der Waals surface area contributed by atoms with Crippen molar-refractivity contribution in [2.45, 2.75) is 6.54 Å². The molecule has 7 heteroatoms. The quantitative estimate of drug-likeness (QED) is 0.682. The summed E-state index contributed by atoms with van der Waals surface area (Å²) in [5, 5.41) is 13.3. The van der Waals surface area contributed by atoms with E-state index in [0.29, 0.717) is 21.5 Å². The van der Waals surface area contributed by atoms with Gasteiger partial charge in [-0.2, -0.15) is 0 Å². The zero-order valence-electron chi connectivity index (χ0n) is 12.3. The highest BCUT2D eigenvalue weighted by molar-refractivity contribution is 6.31. The third-order valence-electron chi connectivity index (χ3n) is 3.54. The van der Waals surface area contributed by atoms with Crippen LogP contribution in [0, 0.1) is 5.82 Å². The fourth-order valence-corrected chi connectivity index (χ4v) is 2.53. The minimum atomic E-state index is -0.767. The minimum Gasteiger partial charge on any atom is -0.502 e. The molecule has 0 unspecified atom stereocenters. The van der Waals surface area contributed by atoms with Crippen LogP contribution in [0.4, 0.5) is 4.39 Å². The van der Waals surface area contributed by atoms with Gasteiger partial charge in [0.15, 0.2) is 5.75 Å². The number of halogens is 2. The van der Waals surface area contributed by atoms with Gasteiger partial charge in [-0.1, -0.05) is 23.7 Å². The van der Waals surface area contributed by atoms with Crippen LogP contribution in [0.15, 0.2) is 47.3 Å². The van der Waals surface area contributed by atoms with Gasteiger partial charge in [-0.05, 0) is 35.9 Å². The van der Waals surface area contributed by atoms with E-state index >= 15 is 0 Å². The van der Waals surface area contributed by atoms with Crippen LogP contribution in [-0.4, -0.2) is 16.0 Å². The summed E-state index contributed by atoms with van der Waals surface area (Å²) in [6.45, 7) is 0.118. The molecular formula is C17H12ClFN2O3. The molecule has 3 N–H and O–H groups in total. The fraction of sp³-hybridized carbons (Fsp3) is 0.0588. The molecule has 0 aliphatic heterocycles. The van der Waals surface area contributed by atoms with Crippen LogP contribution in [0.2, 0.25) is 5.02 Å². The predicted molar refractivity (Wildman–Crippen MR) is 88.8 cm³/mol. The van der Waals surface area contributed by atoms with Gasteiger partial charge in [0.05, 0.1) is 5.56 Å². The van der Waals surface area contributed by atoms with Gasteiger partial charge >= 0.3 is 0 Å². The van der Waals surface area contributed by atoms with E-state index in [1.165, 1.54) is 30.3 Å². The first-order valence-corrected chi connectivity index (χ1v) is 7.40. The van der Waals surface area contributed by atoms with E-state index in [-0.39, 0.29) is 17.9 Å². The largest absolute Gasteiger partial charge is 0.502 e. The molecule has 1 heterocycles. The second-order valence-electron chi connectivity index (χ2n) is 5.18. The van der Waals surface area contributed by atoms with Crippen LogP contribution >= 0.6 is 11.6 Å². The number of carbonyl (C=O) groups is 1. The van der Waals surface area contributed by atoms with E-state index in [1.807, 2.05) is 0 Å². The SMILES string of the molecule is O=C(NCc1ccc(F)cc1)c1c(O)c(=O)[nH]c2ccc(Cl)cc12. The van der Waals surface area contributed by atoms with Gasteiger partial charge in [-0.25, -0.2) is 4.39 Å². The number of pyridine rings is 1. The number of fused-ring (bicyclic) bond motifs is 1. The molecule has 5 nitrogen and oxygen atoms in total. The summed E-state index contributed by atoms with van der Waals surface area (Å²) >= 11 is 5.93. The molecule has 122 valence electrons. The Labute approximate surface area is 140 Å². The van der Waals surface area contributed by atoms with E-state index in [1.54, 1.807) is 12.1 Å². The molecule has 3 aromatic rings. The van der Waals surface area contributed by atoms with E-state index in [2.05, 4.69) is 10.3 Å². The lowest BCUT2D eigenvalue weighted by molar-refractivity contribution is 0.0949. The molecule has 0 fully saturated rings. The third kappa shape index (κ3) is 3.09. The number of aromatic amines is 1. The number of hydrogen-bond acceptors (Lipinski definition) is 3. The highest BCUT2D eigenvalue weighted by atomic mass is 35.5. The van der Waals surface area contributed by atoms with Crippen LogP contribution < -0.4 is 10.9 Å². The summed E-state index contributed by atoms with van der Waals surface area (Å²) in [6, 6.07) is 10.2. The van der Waals surface area contributed by atoms with Gasteiger partial charge in [0.25, 0.3) is 11.5 Å². The van der Waals surface area contributed by atoms with E-state index in [0.717, 1.165) is 0 Å². The molecule has 3 rings (SSSR count). The molecule has 0 bridgehead atoms. The van der Waals surface area contributed by atoms with Gasteiger partial charge in [0, 0.05) is 22.5 Å². The zero-order valence-corrected chi connectivity index (χ0v) is 13.0. The lowest BCUT2D eigenvalue weighted by atomic mass is 10.1. The highest BCUT2D eigenvalue weighted by Crippen LogP contribution is 2.25. The first kappa shape index (κ1) is 16.0. The number of hydrogen-bond donors (Lipinski definition) is 3. The number of benzene rings is 2. The van der Waals surface area contributed by atoms with Crippen molar-refractivity contribution in [2.24, 2.45) is 0 Å². The lowest BCUT2D eigenvalue weighted by Crippen LogP contribution is -2.25. The van der Waals surface area contributed by atoms with Crippen LogP contribution in [0.25, 0.3) is 10.9 Å². The zero-order chi connectivity index (χ0) is 17.3. The number of amides is 1. The molecule has 0 aliphatic carbocycles. The smallest absolute Gasteiger partial charge is 0.291 e. The number of H-pyrrole nitrogens is 1. The molecule has 0 radical (unpaired) electrons. The van der Waals surface area contributed by atoms with Crippen molar-refractivity contribution in [3.05, 3.63) is 74.8 Å². The summed E-state index contributed by atoms with van der Waals surface area (Å²) < 4.78 is 12.9. The number of carbonyl (C=O) groups excluding carboxylic acids is 1. The molecule has 0 spiro atoms. The Morgan fingerprint density at radius 1 is 1.21 bits per heavy atom. The van der Waals surface area contributed by atoms with Gasteiger partial charge in [0.1, 0.15) is 5.82 Å². The Morgan fingerprint density at radius 2 is 1.92 bits per heavy atom. The van der Waals surface area contributed by atoms with E-state index in [9.17, 15) is 19.1 Å². The van der Waals surface area contributed by atoms with Crippen LogP contribution in [0.1, 0.15) is 15.9 Å². The van der Waals surface area contributed by atoms with E-state index in [4.69, 9.17) is 11.6 Å². The molecule has 24 heavy (non-hydrogen) atoms. The maximum Gasteiger partial charge on any atom is 0.291 e. The molecule has 1 aromatic heterocycles. The second-order valence-corrected chi connectivity index (χ2v) is 5.61. The molecule has 0 aliphatic rings. The summed E-state index contributed by atoms with van der Waals surface area (Å²) in [5.41, 5.74) is 0.140. The van der Waals surface area contributed by atoms with Gasteiger partial charge in [-0.15, -0.1) is 0 Å². The van der Waals surface area contributed by atoms with Crippen molar-refractivity contribution in [1.29, 1.82) is 0 Å². The van der Waals surface area contributed by atoms with Crippen molar-refractivity contribution in [3.8, 4) is 5.75 Å². The normalized spacial score (nSPS) is 10.8. The molecular weight excluding hydrogens is 335 g/mol. The highest BCUT2D eigenvalue weighted by Gasteiger charge is 2.19. The summed E-state index contributed by atoms with van der Waals surface area (Å²) in [7, 11) is 0. The number of aromatic hydroxyl groups is 1. The van der Waals surface area contributed by atoms with Gasteiger partial charge < -0.3 is 15.4 Å². The van der Waals surface area contributed by atoms with Crippen molar-refractivity contribution in [3.63, 3.8) is 0 Å². The van der Waals surface area contributed by atoms with Crippen molar-refractivity contribution >= 4 is 28.4 Å². The third-order valence-corrected chi connectivity index (χ3v) is 3.78. The van der Waals surface area contributed by atoms with Crippen LogP contribution in [0.5, 0.6) is 5.75 Å². The molecule has 0 saturated carbocycles. The van der Waals surface area contributed by atoms with Crippen LogP contribution in [0.3, 0.4) is 0 Å². The average Bonchev–Trinajstić information content (AvgIpc) is 2.56. The van der Waals surface area contributed by atoms with Crippen molar-refractivity contribution < 1.29 is 14.3 Å². The monoisotopic (exact) mass is 346 g/mol. The summed E-state index contributed by atoms with van der Waals surface area (Å²) in [4.78, 5) is 26.7. The minimum absolute atomic E-state index is 0.118. The second kappa shape index (κ2) is 6.33. The Morgan fingerprint density at radius 3 is 2.62 bits per heavy atom. The Bertz CT molecular complexity index is 984. The predicted octanol–water partition coefficient (Wildman–Crippen LogP) is 2.96. The topological polar surface area (TPSA) is 82.2 Å². The van der Waals surface area contributed by atoms with Crippen molar-refractivity contribution in [2.75, 3.05) is 0 Å². The van der Waals surface area contributed by atoms with Crippen LogP contribution in [-0.2, 0) is 6.54 Å². The summed E-state index contributed by atoms with van der Waals surface area (Å²) in [6.07, 6.45) is 0. The Balaban J connectivity index is 1.96. The standard InChI is InChI=1S/C17H12ClFN2O3/c18-10-3-6-13-12(7-10)14(15(22)17(24)21-13)16(23)20-8-9-1-4-11(19)5-2-9/h1-7,22H,8H2,(H,20,23)(H,21,24). The molecule has 0 saturated heterocycles. The molecule has 0 atom stereocenters. The maximum atomic E-state index is 12.9. The molecule has 2 aromatic carbocycles. The lowest BCUT2D eigenvalue weighted by Gasteiger charge is -2.10. The Kier molecular flexibility index (Phi) is 4.22. The number of aromatic nitrogens is 1. The Hall–Kier alpha value is -2.86. The first-order chi connectivity index (χ1) is 11.5. The molecule has 1 amide bonds.